The highest BCUT2D eigenvalue weighted by Gasteiger charge is 2.52. The molecule has 1 spiro atoms. The molecule has 26 rings (SSSR count). The van der Waals surface area contributed by atoms with Crippen LogP contribution in [0.25, 0.3) is 198 Å². The van der Waals surface area contributed by atoms with Gasteiger partial charge in [0.2, 0.25) is 0 Å². The summed E-state index contributed by atoms with van der Waals surface area (Å²) in [6.07, 6.45) is 0. The van der Waals surface area contributed by atoms with Crippen LogP contribution < -0.4 is 0 Å². The van der Waals surface area contributed by atoms with E-state index >= 15 is 0 Å². The van der Waals surface area contributed by atoms with Crippen molar-refractivity contribution < 1.29 is 0 Å². The Kier molecular flexibility index (Phi) is 15.0. The van der Waals surface area contributed by atoms with Gasteiger partial charge in [0, 0.05) is 16.2 Å². The van der Waals surface area contributed by atoms with Gasteiger partial charge in [-0.2, -0.15) is 0 Å². The van der Waals surface area contributed by atoms with E-state index in [4.69, 9.17) is 0 Å². The van der Waals surface area contributed by atoms with E-state index < -0.39 is 5.41 Å². The van der Waals surface area contributed by atoms with Crippen LogP contribution in [0.5, 0.6) is 0 Å². The van der Waals surface area contributed by atoms with Crippen molar-refractivity contribution in [3.63, 3.8) is 0 Å². The van der Waals surface area contributed by atoms with Crippen LogP contribution in [0.3, 0.4) is 0 Å². The third kappa shape index (κ3) is 9.64. The molecule has 0 heteroatoms. The summed E-state index contributed by atoms with van der Waals surface area (Å²) in [7, 11) is 0. The molecule has 0 bridgehead atoms. The first-order valence-corrected chi connectivity index (χ1v) is 43.4. The quantitative estimate of drug-likeness (QED) is 0.146. The van der Waals surface area contributed by atoms with Gasteiger partial charge in [-0.15, -0.1) is 0 Å². The van der Waals surface area contributed by atoms with E-state index in [1.807, 2.05) is 0 Å². The summed E-state index contributed by atoms with van der Waals surface area (Å²) in [5, 5.41) is 18.1. The Morgan fingerprint density at radius 2 is 0.434 bits per heavy atom. The lowest BCUT2D eigenvalue weighted by molar-refractivity contribution is 0.661. The lowest BCUT2D eigenvalue weighted by Crippen LogP contribution is -2.25. The average molecular weight is 1550 g/mol. The van der Waals surface area contributed by atoms with E-state index in [9.17, 15) is 0 Å². The molecule has 21 aromatic rings. The molecule has 0 saturated heterocycles. The van der Waals surface area contributed by atoms with Gasteiger partial charge in [-0.05, 0) is 266 Å². The van der Waals surface area contributed by atoms with Crippen LogP contribution >= 0.6 is 0 Å². The monoisotopic (exact) mass is 1550 g/mol. The summed E-state index contributed by atoms with van der Waals surface area (Å²) in [4.78, 5) is 0. The summed E-state index contributed by atoms with van der Waals surface area (Å²) in [6, 6.07) is 151. The number of hydrogen-bond donors (Lipinski definition) is 0. The minimum absolute atomic E-state index is 0.108. The van der Waals surface area contributed by atoms with Crippen molar-refractivity contribution in [2.45, 2.75) is 63.2 Å². The predicted molar refractivity (Wildman–Crippen MR) is 517 cm³/mol. The molecule has 0 fully saturated rings. The topological polar surface area (TPSA) is 0 Å². The van der Waals surface area contributed by atoms with Crippen molar-refractivity contribution in [1.82, 2.24) is 0 Å². The van der Waals surface area contributed by atoms with Crippen molar-refractivity contribution in [2.24, 2.45) is 0 Å². The van der Waals surface area contributed by atoms with Gasteiger partial charge in [0.1, 0.15) is 0 Å². The van der Waals surface area contributed by atoms with Crippen molar-refractivity contribution in [2.75, 3.05) is 0 Å². The zero-order chi connectivity index (χ0) is 81.2. The highest BCUT2D eigenvalue weighted by atomic mass is 14.5. The maximum atomic E-state index is 2.54. The first-order chi connectivity index (χ1) is 59.8. The van der Waals surface area contributed by atoms with Gasteiger partial charge in [0.15, 0.2) is 0 Å². The Morgan fingerprint density at radius 1 is 0.139 bits per heavy atom. The molecule has 0 atom stereocenters. The molecular formula is C122H84. The molecule has 0 aliphatic heterocycles. The molecule has 0 heterocycles. The second kappa shape index (κ2) is 26.0. The molecule has 0 saturated carbocycles. The van der Waals surface area contributed by atoms with Crippen LogP contribution in [0, 0.1) is 0 Å². The molecule has 5 aliphatic carbocycles. The Hall–Kier alpha value is -14.6. The highest BCUT2D eigenvalue weighted by Crippen LogP contribution is 2.65. The molecule has 0 radical (unpaired) electrons. The molecule has 21 aromatic carbocycles. The van der Waals surface area contributed by atoms with Crippen LogP contribution in [0.1, 0.15) is 97.2 Å². The Morgan fingerprint density at radius 3 is 0.861 bits per heavy atom. The standard InChI is InChI=1S/C64H42.C58H42/c1-63(2)57-37-35-39-16-3-4-17-43(39)61(57)53-26-15-25-44(62(53)63)40-30-32-41(33-31-40)59-49-21-5-7-23-51(49)60(52-24-8-6-22-50(52)59)42-34-36-48-47-20-11-14-29-56(47)64(58(48)38-42)54-27-12-9-18-45(54)46-19-10-13-28-55(46)64;1-57(2)49-27-14-13-24-46(49)55-41-19-8-7-18-40(41)48(34-51(55)57)53-44-22-11-9-20-42(44)52(43-21-10-12-23-45(43)53)37-30-28-36(29-31-37)39-25-15-26-47-54-38-17-6-5-16-35(38)32-33-50(54)58(3,4)56(39)47/h3-38H,1-2H3;5-34H,1-4H3. The zero-order valence-electron chi connectivity index (χ0n) is 69.1. The zero-order valence-corrected chi connectivity index (χ0v) is 69.1. The molecule has 0 unspecified atom stereocenters. The van der Waals surface area contributed by atoms with E-state index in [-0.39, 0.29) is 16.2 Å². The minimum atomic E-state index is -0.396. The molecule has 0 N–H and O–H groups in total. The predicted octanol–water partition coefficient (Wildman–Crippen LogP) is 32.7. The average Bonchev–Trinajstić information content (AvgIpc) is 1.50. The summed E-state index contributed by atoms with van der Waals surface area (Å²) < 4.78 is 0. The lowest BCUT2D eigenvalue weighted by atomic mass is 9.70. The van der Waals surface area contributed by atoms with E-state index in [2.05, 4.69) is 442 Å². The SMILES string of the molecule is CC1(C)c2ccc3ccccc3c2-c2cccc(-c3ccc(-c4c5ccccc5c(-c5ccc6c(c5)C5(c7ccccc7-c7ccccc75)c5ccccc5-6)c5ccccc45)cc3)c21.CC1(C)c2ccccc2-c2c1cc(-c1c3ccccc3c(-c3ccc(-c4cccc5c4C(C)(C)c4ccc6ccccc6c4-5)cc3)c3ccccc13)c1ccccc21. The van der Waals surface area contributed by atoms with Gasteiger partial charge in [0.25, 0.3) is 0 Å². The maximum absolute atomic E-state index is 2.54. The first kappa shape index (κ1) is 70.5. The fourth-order valence-electron chi connectivity index (χ4n) is 23.9. The summed E-state index contributed by atoms with van der Waals surface area (Å²) in [6.45, 7) is 14.4. The van der Waals surface area contributed by atoms with Gasteiger partial charge < -0.3 is 0 Å². The molecule has 122 heavy (non-hydrogen) atoms. The van der Waals surface area contributed by atoms with E-state index in [1.54, 1.807) is 0 Å². The molecule has 0 amide bonds. The van der Waals surface area contributed by atoms with Gasteiger partial charge in [-0.1, -0.05) is 430 Å². The van der Waals surface area contributed by atoms with Gasteiger partial charge in [0.05, 0.1) is 5.41 Å². The summed E-state index contributed by atoms with van der Waals surface area (Å²) in [5.74, 6) is 0. The van der Waals surface area contributed by atoms with Crippen molar-refractivity contribution in [3.8, 4) is 122 Å². The van der Waals surface area contributed by atoms with Crippen molar-refractivity contribution in [1.29, 1.82) is 0 Å². The minimum Gasteiger partial charge on any atom is -0.0619 e. The van der Waals surface area contributed by atoms with Crippen molar-refractivity contribution >= 4 is 75.4 Å². The highest BCUT2D eigenvalue weighted by molar-refractivity contribution is 6.26. The largest absolute Gasteiger partial charge is 0.0725 e. The number of benzene rings is 21. The van der Waals surface area contributed by atoms with Crippen LogP contribution in [-0.2, 0) is 21.7 Å². The second-order valence-electron chi connectivity index (χ2n) is 36.2. The van der Waals surface area contributed by atoms with E-state index in [1.165, 1.54) is 253 Å². The molecule has 0 nitrogen and oxygen atoms in total. The number of hydrogen-bond acceptors (Lipinski definition) is 0. The fraction of sp³-hybridized carbons (Fsp3) is 0.0820. The summed E-state index contributed by atoms with van der Waals surface area (Å²) >= 11 is 0. The van der Waals surface area contributed by atoms with E-state index in [0.717, 1.165) is 0 Å². The normalized spacial score (nSPS) is 14.4. The second-order valence-corrected chi connectivity index (χ2v) is 36.2. The third-order valence-corrected chi connectivity index (χ3v) is 29.1. The Bertz CT molecular complexity index is 7960. The molecular weight excluding hydrogens is 1470 g/mol. The van der Waals surface area contributed by atoms with Crippen LogP contribution in [-0.4, -0.2) is 0 Å². The Balaban J connectivity index is 0.000000135. The Labute approximate surface area is 712 Å². The maximum Gasteiger partial charge on any atom is 0.0725 e. The smallest absolute Gasteiger partial charge is 0.0619 e. The fourth-order valence-corrected chi connectivity index (χ4v) is 23.9. The first-order valence-electron chi connectivity index (χ1n) is 43.4. The van der Waals surface area contributed by atoms with Crippen LogP contribution in [0.2, 0.25) is 0 Å². The molecule has 0 aromatic heterocycles. The third-order valence-electron chi connectivity index (χ3n) is 29.1. The lowest BCUT2D eigenvalue weighted by Gasteiger charge is -2.30. The molecule has 5 aliphatic rings. The van der Waals surface area contributed by atoms with Gasteiger partial charge in [-0.25, -0.2) is 0 Å². The summed E-state index contributed by atoms with van der Waals surface area (Å²) in [5.41, 5.74) is 42.0. The number of rotatable bonds is 6. The molecule has 572 valence electrons. The van der Waals surface area contributed by atoms with Gasteiger partial charge in [-0.3, -0.25) is 0 Å². The number of fused-ring (bicyclic) bond motifs is 29. The van der Waals surface area contributed by atoms with E-state index in [0.29, 0.717) is 0 Å². The van der Waals surface area contributed by atoms with Crippen molar-refractivity contribution in [3.05, 3.63) is 456 Å². The van der Waals surface area contributed by atoms with Crippen LogP contribution in [0.4, 0.5) is 0 Å². The van der Waals surface area contributed by atoms with Gasteiger partial charge >= 0.3 is 0 Å². The van der Waals surface area contributed by atoms with Crippen LogP contribution in [0.15, 0.2) is 400 Å².